The first-order chi connectivity index (χ1) is 6.00. The molecule has 16 heavy (non-hydrogen) atoms. The SMILES string of the molecule is Cl.Cl.Cl.Cl.c1ccccc1.c1ccccc1. The van der Waals surface area contributed by atoms with Crippen LogP contribution in [0.4, 0.5) is 0 Å². The van der Waals surface area contributed by atoms with Gasteiger partial charge in [0.05, 0.1) is 0 Å². The molecule has 2 aromatic rings. The van der Waals surface area contributed by atoms with Crippen molar-refractivity contribution in [2.75, 3.05) is 0 Å². The highest BCUT2D eigenvalue weighted by atomic mass is 35.5. The van der Waals surface area contributed by atoms with E-state index >= 15 is 0 Å². The van der Waals surface area contributed by atoms with Gasteiger partial charge in [-0.2, -0.15) is 0 Å². The molecule has 0 bridgehead atoms. The van der Waals surface area contributed by atoms with E-state index in [1.807, 2.05) is 72.8 Å². The van der Waals surface area contributed by atoms with Crippen LogP contribution in [0.15, 0.2) is 72.8 Å². The normalized spacial score (nSPS) is 6.00. The fraction of sp³-hybridized carbons (Fsp3) is 0. The Balaban J connectivity index is -0.0000000720. The maximum atomic E-state index is 2.00. The van der Waals surface area contributed by atoms with Crippen molar-refractivity contribution in [2.24, 2.45) is 0 Å². The van der Waals surface area contributed by atoms with Gasteiger partial charge in [-0.15, -0.1) is 49.6 Å². The van der Waals surface area contributed by atoms with Gasteiger partial charge in [0.1, 0.15) is 0 Å². The van der Waals surface area contributed by atoms with Gasteiger partial charge < -0.3 is 0 Å². The van der Waals surface area contributed by atoms with Crippen molar-refractivity contribution in [1.82, 2.24) is 0 Å². The van der Waals surface area contributed by atoms with Crippen molar-refractivity contribution in [1.29, 1.82) is 0 Å². The summed E-state index contributed by atoms with van der Waals surface area (Å²) in [5.41, 5.74) is 0. The Hall–Kier alpha value is -0.400. The third-order valence-corrected chi connectivity index (χ3v) is 1.33. The summed E-state index contributed by atoms with van der Waals surface area (Å²) in [5, 5.41) is 0. The molecule has 0 N–H and O–H groups in total. The van der Waals surface area contributed by atoms with Crippen molar-refractivity contribution < 1.29 is 0 Å². The molecule has 0 aromatic heterocycles. The molecule has 0 radical (unpaired) electrons. The van der Waals surface area contributed by atoms with Crippen LogP contribution >= 0.6 is 49.6 Å². The van der Waals surface area contributed by atoms with E-state index in [9.17, 15) is 0 Å². The molecule has 0 unspecified atom stereocenters. The van der Waals surface area contributed by atoms with Gasteiger partial charge in [-0.1, -0.05) is 72.8 Å². The van der Waals surface area contributed by atoms with Gasteiger partial charge in [0.2, 0.25) is 0 Å². The highest BCUT2D eigenvalue weighted by molar-refractivity contribution is 5.86. The fourth-order valence-electron chi connectivity index (χ4n) is 0.770. The summed E-state index contributed by atoms with van der Waals surface area (Å²) in [7, 11) is 0. The third-order valence-electron chi connectivity index (χ3n) is 1.33. The lowest BCUT2D eigenvalue weighted by Crippen LogP contribution is -1.47. The van der Waals surface area contributed by atoms with Crippen LogP contribution in [0.5, 0.6) is 0 Å². The molecular weight excluding hydrogens is 286 g/mol. The number of hydrogen-bond donors (Lipinski definition) is 0. The van der Waals surface area contributed by atoms with Crippen LogP contribution in [0, 0.1) is 0 Å². The van der Waals surface area contributed by atoms with Gasteiger partial charge in [0.25, 0.3) is 0 Å². The predicted molar refractivity (Wildman–Crippen MR) is 81.9 cm³/mol. The Morgan fingerprint density at radius 2 is 0.250 bits per heavy atom. The molecule has 2 rings (SSSR count). The van der Waals surface area contributed by atoms with Gasteiger partial charge in [0, 0.05) is 0 Å². The van der Waals surface area contributed by atoms with Crippen LogP contribution in [0.1, 0.15) is 0 Å². The topological polar surface area (TPSA) is 0 Å². The second-order valence-electron chi connectivity index (χ2n) is 2.31. The largest absolute Gasteiger partial charge is 0.147 e. The van der Waals surface area contributed by atoms with Crippen LogP contribution in [0.2, 0.25) is 0 Å². The molecule has 92 valence electrons. The molecule has 0 nitrogen and oxygen atoms in total. The van der Waals surface area contributed by atoms with E-state index in [-0.39, 0.29) is 49.6 Å². The average Bonchev–Trinajstić information content (AvgIpc) is 2.24. The summed E-state index contributed by atoms with van der Waals surface area (Å²) in [6, 6.07) is 24.0. The van der Waals surface area contributed by atoms with E-state index < -0.39 is 0 Å². The smallest absolute Gasteiger partial charge is 0.0623 e. The Morgan fingerprint density at radius 1 is 0.188 bits per heavy atom. The monoisotopic (exact) mass is 300 g/mol. The summed E-state index contributed by atoms with van der Waals surface area (Å²) in [5.74, 6) is 0. The maximum absolute atomic E-state index is 2.00. The number of rotatable bonds is 0. The first-order valence-electron chi connectivity index (χ1n) is 4.00. The molecule has 0 heterocycles. The van der Waals surface area contributed by atoms with E-state index in [0.717, 1.165) is 0 Å². The molecule has 0 aliphatic heterocycles. The van der Waals surface area contributed by atoms with E-state index in [1.165, 1.54) is 0 Å². The Kier molecular flexibility index (Phi) is 31.0. The lowest BCUT2D eigenvalue weighted by atomic mass is 10.4. The summed E-state index contributed by atoms with van der Waals surface area (Å²) < 4.78 is 0. The van der Waals surface area contributed by atoms with Gasteiger partial charge in [-0.25, -0.2) is 0 Å². The van der Waals surface area contributed by atoms with E-state index in [0.29, 0.717) is 0 Å². The summed E-state index contributed by atoms with van der Waals surface area (Å²) in [4.78, 5) is 0. The fourth-order valence-corrected chi connectivity index (χ4v) is 0.770. The second-order valence-corrected chi connectivity index (χ2v) is 2.31. The quantitative estimate of drug-likeness (QED) is 0.638. The predicted octanol–water partition coefficient (Wildman–Crippen LogP) is 5.06. The van der Waals surface area contributed by atoms with Crippen molar-refractivity contribution >= 4 is 49.6 Å². The molecule has 0 aliphatic rings. The van der Waals surface area contributed by atoms with E-state index in [2.05, 4.69) is 0 Å². The third kappa shape index (κ3) is 16.0. The second kappa shape index (κ2) is 20.1. The highest BCUT2D eigenvalue weighted by Crippen LogP contribution is 1.80. The molecule has 0 aliphatic carbocycles. The molecule has 0 fully saturated rings. The molecule has 4 heteroatoms. The van der Waals surface area contributed by atoms with Gasteiger partial charge in [0.15, 0.2) is 0 Å². The lowest BCUT2D eigenvalue weighted by molar-refractivity contribution is 1.72. The van der Waals surface area contributed by atoms with Gasteiger partial charge in [-0.3, -0.25) is 0 Å². The number of benzene rings is 2. The van der Waals surface area contributed by atoms with Crippen LogP contribution in [0.3, 0.4) is 0 Å². The Labute approximate surface area is 122 Å². The van der Waals surface area contributed by atoms with E-state index in [1.54, 1.807) is 0 Å². The molecule has 0 atom stereocenters. The number of hydrogen-bond acceptors (Lipinski definition) is 0. The molecule has 0 spiro atoms. The molecule has 0 saturated carbocycles. The summed E-state index contributed by atoms with van der Waals surface area (Å²) in [6.45, 7) is 0. The minimum Gasteiger partial charge on any atom is -0.147 e. The Bertz CT molecular complexity index is 188. The van der Waals surface area contributed by atoms with Crippen molar-refractivity contribution in [3.8, 4) is 0 Å². The van der Waals surface area contributed by atoms with Crippen LogP contribution in [-0.2, 0) is 0 Å². The minimum absolute atomic E-state index is 0. The Morgan fingerprint density at radius 3 is 0.312 bits per heavy atom. The first kappa shape index (κ1) is 24.7. The zero-order valence-electron chi connectivity index (χ0n) is 8.56. The molecular formula is C12H16Cl4. The molecule has 2 aromatic carbocycles. The van der Waals surface area contributed by atoms with Crippen LogP contribution in [0.25, 0.3) is 0 Å². The van der Waals surface area contributed by atoms with Crippen LogP contribution in [-0.4, -0.2) is 0 Å². The molecule has 0 saturated heterocycles. The zero-order chi connectivity index (χ0) is 8.49. The van der Waals surface area contributed by atoms with E-state index in [4.69, 9.17) is 0 Å². The highest BCUT2D eigenvalue weighted by Gasteiger charge is 1.58. The summed E-state index contributed by atoms with van der Waals surface area (Å²) in [6.07, 6.45) is 0. The summed E-state index contributed by atoms with van der Waals surface area (Å²) >= 11 is 0. The van der Waals surface area contributed by atoms with Gasteiger partial charge >= 0.3 is 0 Å². The lowest BCUT2D eigenvalue weighted by Gasteiger charge is -1.69. The average molecular weight is 302 g/mol. The van der Waals surface area contributed by atoms with Crippen molar-refractivity contribution in [3.05, 3.63) is 72.8 Å². The van der Waals surface area contributed by atoms with Crippen molar-refractivity contribution in [2.45, 2.75) is 0 Å². The number of halogens is 4. The minimum atomic E-state index is 0. The first-order valence-corrected chi connectivity index (χ1v) is 4.00. The zero-order valence-corrected chi connectivity index (χ0v) is 11.8. The molecule has 0 amide bonds. The maximum Gasteiger partial charge on any atom is -0.0623 e. The standard InChI is InChI=1S/2C6H6.4ClH/c2*1-2-4-6-5-3-1;;;;/h2*1-6H;4*1H. The van der Waals surface area contributed by atoms with Crippen molar-refractivity contribution in [3.63, 3.8) is 0 Å². The van der Waals surface area contributed by atoms with Gasteiger partial charge in [-0.05, 0) is 0 Å². The van der Waals surface area contributed by atoms with Crippen LogP contribution < -0.4 is 0 Å².